The minimum atomic E-state index is -0.414. The summed E-state index contributed by atoms with van der Waals surface area (Å²) in [5.41, 5.74) is 2.67. The minimum absolute atomic E-state index is 0.303. The summed E-state index contributed by atoms with van der Waals surface area (Å²) >= 11 is 5.54. The van der Waals surface area contributed by atoms with Crippen LogP contribution in [0.5, 0.6) is 0 Å². The SMILES string of the molecule is CCOC(=O)C1=C(C)N(C2CC2)C(=S)N[C@@H]1c1ccc(C(=O)OC)cc1. The number of nitrogens with one attached hydrogen (secondary N) is 1. The molecule has 0 unspecified atom stereocenters. The monoisotopic (exact) mass is 374 g/mol. The van der Waals surface area contributed by atoms with E-state index >= 15 is 0 Å². The Morgan fingerprint density at radius 3 is 2.42 bits per heavy atom. The van der Waals surface area contributed by atoms with E-state index in [1.54, 1.807) is 31.2 Å². The number of thiocarbonyl (C=S) groups is 1. The van der Waals surface area contributed by atoms with Crippen LogP contribution in [0.15, 0.2) is 35.5 Å². The van der Waals surface area contributed by atoms with Gasteiger partial charge in [-0.3, -0.25) is 0 Å². The quantitative estimate of drug-likeness (QED) is 0.628. The summed E-state index contributed by atoms with van der Waals surface area (Å²) in [6.07, 6.45) is 2.13. The molecular formula is C19H22N2O4S. The zero-order valence-electron chi connectivity index (χ0n) is 15.1. The van der Waals surface area contributed by atoms with Crippen molar-refractivity contribution in [3.63, 3.8) is 0 Å². The maximum Gasteiger partial charge on any atom is 0.338 e. The first-order chi connectivity index (χ1) is 12.5. The zero-order chi connectivity index (χ0) is 18.8. The van der Waals surface area contributed by atoms with Gasteiger partial charge in [-0.25, -0.2) is 9.59 Å². The zero-order valence-corrected chi connectivity index (χ0v) is 15.9. The van der Waals surface area contributed by atoms with Gasteiger partial charge in [0, 0.05) is 11.7 Å². The first-order valence-electron chi connectivity index (χ1n) is 8.63. The van der Waals surface area contributed by atoms with Crippen LogP contribution in [-0.2, 0) is 14.3 Å². The van der Waals surface area contributed by atoms with Crippen LogP contribution in [0.3, 0.4) is 0 Å². The minimum Gasteiger partial charge on any atom is -0.465 e. The number of hydrogen-bond donors (Lipinski definition) is 1. The number of carbonyl (C=O) groups excluding carboxylic acids is 2. The van der Waals surface area contributed by atoms with Crippen LogP contribution in [0.25, 0.3) is 0 Å². The predicted octanol–water partition coefficient (Wildman–Crippen LogP) is 2.70. The van der Waals surface area contributed by atoms with Gasteiger partial charge >= 0.3 is 11.9 Å². The molecule has 0 aromatic heterocycles. The average Bonchev–Trinajstić information content (AvgIpc) is 3.45. The third-order valence-electron chi connectivity index (χ3n) is 4.60. The lowest BCUT2D eigenvalue weighted by atomic mass is 9.94. The Hall–Kier alpha value is -2.41. The maximum absolute atomic E-state index is 12.6. The van der Waals surface area contributed by atoms with Crippen LogP contribution in [0.2, 0.25) is 0 Å². The lowest BCUT2D eigenvalue weighted by molar-refractivity contribution is -0.139. The van der Waals surface area contributed by atoms with Crippen LogP contribution in [0.4, 0.5) is 0 Å². The van der Waals surface area contributed by atoms with Gasteiger partial charge in [0.1, 0.15) is 0 Å². The molecule has 0 radical (unpaired) electrons. The number of ether oxygens (including phenoxy) is 2. The van der Waals surface area contributed by atoms with Gasteiger partial charge < -0.3 is 19.7 Å². The Bertz CT molecular complexity index is 768. The third-order valence-corrected chi connectivity index (χ3v) is 4.91. The Labute approximate surface area is 158 Å². The molecule has 0 amide bonds. The van der Waals surface area contributed by atoms with Crippen LogP contribution < -0.4 is 5.32 Å². The highest BCUT2D eigenvalue weighted by atomic mass is 32.1. The number of nitrogens with zero attached hydrogens (tertiary/aromatic N) is 1. The number of allylic oxidation sites excluding steroid dienone is 1. The standard InChI is InChI=1S/C19H22N2O4S/c1-4-25-18(23)15-11(2)21(14-9-10-14)19(26)20-16(15)12-5-7-13(8-6-12)17(22)24-3/h5-8,14,16H,4,9-10H2,1-3H3,(H,20,26)/t16-/m1/s1. The fourth-order valence-electron chi connectivity index (χ4n) is 3.18. The smallest absolute Gasteiger partial charge is 0.338 e. The number of methoxy groups -OCH3 is 1. The van der Waals surface area contributed by atoms with Crippen LogP contribution in [0.1, 0.15) is 48.7 Å². The average molecular weight is 374 g/mol. The van der Waals surface area contributed by atoms with Crippen molar-refractivity contribution in [2.45, 2.75) is 38.8 Å². The molecule has 3 rings (SSSR count). The van der Waals surface area contributed by atoms with Crippen LogP contribution in [0, 0.1) is 0 Å². The maximum atomic E-state index is 12.6. The lowest BCUT2D eigenvalue weighted by Gasteiger charge is -2.37. The molecule has 1 aromatic rings. The Kier molecular flexibility index (Phi) is 5.27. The second-order valence-electron chi connectivity index (χ2n) is 6.32. The molecule has 2 aliphatic rings. The van der Waals surface area contributed by atoms with Crippen LogP contribution in [-0.4, -0.2) is 41.7 Å². The van der Waals surface area contributed by atoms with Crippen molar-refractivity contribution in [2.75, 3.05) is 13.7 Å². The molecule has 1 heterocycles. The van der Waals surface area contributed by atoms with Gasteiger partial charge in [0.25, 0.3) is 0 Å². The van der Waals surface area contributed by atoms with Crippen molar-refractivity contribution in [1.82, 2.24) is 10.2 Å². The second-order valence-corrected chi connectivity index (χ2v) is 6.70. The van der Waals surface area contributed by atoms with Gasteiger partial charge in [0.05, 0.1) is 30.9 Å². The molecule has 1 aliphatic heterocycles. The highest BCUT2D eigenvalue weighted by molar-refractivity contribution is 7.80. The molecule has 7 heteroatoms. The molecular weight excluding hydrogens is 352 g/mol. The molecule has 0 saturated heterocycles. The van der Waals surface area contributed by atoms with E-state index in [4.69, 9.17) is 21.7 Å². The summed E-state index contributed by atoms with van der Waals surface area (Å²) in [5.74, 6) is -0.756. The first-order valence-corrected chi connectivity index (χ1v) is 9.04. The lowest BCUT2D eigenvalue weighted by Crippen LogP contribution is -2.48. The Balaban J connectivity index is 1.99. The number of carbonyl (C=O) groups is 2. The molecule has 138 valence electrons. The second kappa shape index (κ2) is 7.45. The summed E-state index contributed by atoms with van der Waals surface area (Å²) in [7, 11) is 1.34. The van der Waals surface area contributed by atoms with Gasteiger partial charge in [-0.15, -0.1) is 0 Å². The molecule has 1 fully saturated rings. The Morgan fingerprint density at radius 1 is 1.23 bits per heavy atom. The highest BCUT2D eigenvalue weighted by Gasteiger charge is 2.40. The van der Waals surface area contributed by atoms with Gasteiger partial charge in [-0.2, -0.15) is 0 Å². The van der Waals surface area contributed by atoms with E-state index in [9.17, 15) is 9.59 Å². The molecule has 1 aliphatic carbocycles. The molecule has 1 saturated carbocycles. The molecule has 0 bridgehead atoms. The van der Waals surface area contributed by atoms with Gasteiger partial charge in [0.2, 0.25) is 0 Å². The number of benzene rings is 1. The molecule has 1 atom stereocenters. The van der Waals surface area contributed by atoms with Crippen molar-refractivity contribution in [1.29, 1.82) is 0 Å². The third kappa shape index (κ3) is 3.44. The molecule has 1 aromatic carbocycles. The predicted molar refractivity (Wildman–Crippen MR) is 100 cm³/mol. The van der Waals surface area contributed by atoms with E-state index in [0.29, 0.717) is 28.9 Å². The van der Waals surface area contributed by atoms with Gasteiger partial charge in [-0.05, 0) is 56.6 Å². The summed E-state index contributed by atoms with van der Waals surface area (Å²) in [6.45, 7) is 4.00. The fourth-order valence-corrected chi connectivity index (χ4v) is 3.59. The molecule has 6 nitrogen and oxygen atoms in total. The van der Waals surface area contributed by atoms with Crippen molar-refractivity contribution < 1.29 is 19.1 Å². The summed E-state index contributed by atoms with van der Waals surface area (Å²) < 4.78 is 10.0. The van der Waals surface area contributed by atoms with Crippen molar-refractivity contribution >= 4 is 29.3 Å². The van der Waals surface area contributed by atoms with Crippen molar-refractivity contribution in [2.24, 2.45) is 0 Å². The number of hydrogen-bond acceptors (Lipinski definition) is 5. The van der Waals surface area contributed by atoms with Crippen molar-refractivity contribution in [3.05, 3.63) is 46.7 Å². The summed E-state index contributed by atoms with van der Waals surface area (Å²) in [5, 5.41) is 3.88. The number of rotatable bonds is 5. The highest BCUT2D eigenvalue weighted by Crippen LogP contribution is 2.38. The van der Waals surface area contributed by atoms with E-state index in [-0.39, 0.29) is 5.97 Å². The van der Waals surface area contributed by atoms with E-state index in [2.05, 4.69) is 5.32 Å². The number of esters is 2. The summed E-state index contributed by atoms with van der Waals surface area (Å²) in [6, 6.07) is 6.89. The van der Waals surface area contributed by atoms with Crippen LogP contribution >= 0.6 is 12.2 Å². The topological polar surface area (TPSA) is 67.9 Å². The fraction of sp³-hybridized carbons (Fsp3) is 0.421. The summed E-state index contributed by atoms with van der Waals surface area (Å²) in [4.78, 5) is 26.3. The van der Waals surface area contributed by atoms with E-state index in [0.717, 1.165) is 24.1 Å². The first kappa shape index (κ1) is 18.4. The largest absolute Gasteiger partial charge is 0.465 e. The van der Waals surface area contributed by atoms with Gasteiger partial charge in [-0.1, -0.05) is 12.1 Å². The van der Waals surface area contributed by atoms with Crippen molar-refractivity contribution in [3.8, 4) is 0 Å². The Morgan fingerprint density at radius 2 is 1.88 bits per heavy atom. The molecule has 0 spiro atoms. The normalized spacial score (nSPS) is 19.9. The molecule has 26 heavy (non-hydrogen) atoms. The van der Waals surface area contributed by atoms with E-state index in [1.165, 1.54) is 7.11 Å². The molecule has 1 N–H and O–H groups in total. The van der Waals surface area contributed by atoms with E-state index in [1.807, 2.05) is 11.8 Å². The van der Waals surface area contributed by atoms with Gasteiger partial charge in [0.15, 0.2) is 5.11 Å². The van der Waals surface area contributed by atoms with E-state index < -0.39 is 12.0 Å².